The first-order chi connectivity index (χ1) is 7.70. The zero-order valence-electron chi connectivity index (χ0n) is 8.99. The van der Waals surface area contributed by atoms with Crippen molar-refractivity contribution in [1.82, 2.24) is 14.8 Å². The quantitative estimate of drug-likeness (QED) is 0.793. The Kier molecular flexibility index (Phi) is 2.98. The van der Waals surface area contributed by atoms with Crippen LogP contribution in [0.3, 0.4) is 0 Å². The van der Waals surface area contributed by atoms with Gasteiger partial charge in [-0.2, -0.15) is 5.10 Å². The zero-order valence-corrected chi connectivity index (χ0v) is 8.99. The van der Waals surface area contributed by atoms with Crippen LogP contribution < -0.4 is 5.73 Å². The van der Waals surface area contributed by atoms with Crippen molar-refractivity contribution in [2.24, 2.45) is 5.73 Å². The van der Waals surface area contributed by atoms with E-state index in [2.05, 4.69) is 10.1 Å². The fourth-order valence-electron chi connectivity index (χ4n) is 1.56. The number of aromatic nitrogens is 3. The van der Waals surface area contributed by atoms with Gasteiger partial charge in [0.2, 0.25) is 0 Å². The van der Waals surface area contributed by atoms with E-state index in [1.54, 1.807) is 17.9 Å². The van der Waals surface area contributed by atoms with Crippen LogP contribution in [0.2, 0.25) is 0 Å². The molecule has 2 rings (SSSR count). The standard InChI is InChI=1S/C11H14N4O/c1-8(12)11(16)9-4-2-3-5-10(9)15-7-13-6-14-15/h2-8,11,16H,12H2,1H3. The minimum absolute atomic E-state index is 0.329. The lowest BCUT2D eigenvalue weighted by molar-refractivity contribution is 0.153. The SMILES string of the molecule is CC(N)C(O)c1ccccc1-n1cncn1. The van der Waals surface area contributed by atoms with E-state index in [9.17, 15) is 5.11 Å². The van der Waals surface area contributed by atoms with Crippen molar-refractivity contribution in [3.05, 3.63) is 42.5 Å². The molecular formula is C11H14N4O. The molecule has 0 bridgehead atoms. The third-order valence-corrected chi connectivity index (χ3v) is 2.42. The summed E-state index contributed by atoms with van der Waals surface area (Å²) < 4.78 is 1.61. The van der Waals surface area contributed by atoms with Crippen molar-refractivity contribution in [2.75, 3.05) is 0 Å². The third kappa shape index (κ3) is 1.95. The van der Waals surface area contributed by atoms with Gasteiger partial charge < -0.3 is 10.8 Å². The van der Waals surface area contributed by atoms with E-state index in [4.69, 9.17) is 5.73 Å². The van der Waals surface area contributed by atoms with Crippen LogP contribution in [-0.4, -0.2) is 25.9 Å². The Morgan fingerprint density at radius 2 is 2.12 bits per heavy atom. The molecule has 1 aromatic carbocycles. The Morgan fingerprint density at radius 1 is 1.38 bits per heavy atom. The van der Waals surface area contributed by atoms with Gasteiger partial charge >= 0.3 is 0 Å². The smallest absolute Gasteiger partial charge is 0.138 e. The predicted molar refractivity (Wildman–Crippen MR) is 60.0 cm³/mol. The van der Waals surface area contributed by atoms with Crippen LogP contribution >= 0.6 is 0 Å². The van der Waals surface area contributed by atoms with Gasteiger partial charge in [0.05, 0.1) is 11.8 Å². The van der Waals surface area contributed by atoms with E-state index < -0.39 is 6.10 Å². The normalized spacial score (nSPS) is 14.7. The second kappa shape index (κ2) is 4.42. The predicted octanol–water partition coefficient (Wildman–Crippen LogP) is 0.648. The Morgan fingerprint density at radius 3 is 2.75 bits per heavy atom. The maximum Gasteiger partial charge on any atom is 0.138 e. The highest BCUT2D eigenvalue weighted by Gasteiger charge is 2.16. The Bertz CT molecular complexity index is 453. The Balaban J connectivity index is 2.46. The first kappa shape index (κ1) is 10.8. The maximum atomic E-state index is 9.99. The molecule has 5 heteroatoms. The molecule has 2 aromatic rings. The lowest BCUT2D eigenvalue weighted by atomic mass is 10.0. The molecule has 0 aliphatic carbocycles. The summed E-state index contributed by atoms with van der Waals surface area (Å²) in [5, 5.41) is 14.0. The van der Waals surface area contributed by atoms with Crippen molar-refractivity contribution < 1.29 is 5.11 Å². The van der Waals surface area contributed by atoms with Gasteiger partial charge in [0.25, 0.3) is 0 Å². The van der Waals surface area contributed by atoms with Crippen molar-refractivity contribution in [3.8, 4) is 5.69 Å². The van der Waals surface area contributed by atoms with E-state index in [0.717, 1.165) is 11.3 Å². The first-order valence-corrected chi connectivity index (χ1v) is 5.07. The van der Waals surface area contributed by atoms with E-state index in [0.29, 0.717) is 0 Å². The number of para-hydroxylation sites is 1. The van der Waals surface area contributed by atoms with E-state index in [1.165, 1.54) is 6.33 Å². The largest absolute Gasteiger partial charge is 0.387 e. The molecule has 0 saturated heterocycles. The molecule has 2 unspecified atom stereocenters. The van der Waals surface area contributed by atoms with Crippen molar-refractivity contribution in [2.45, 2.75) is 19.1 Å². The van der Waals surface area contributed by atoms with Gasteiger partial charge in [0.1, 0.15) is 12.7 Å². The summed E-state index contributed by atoms with van der Waals surface area (Å²) in [6.45, 7) is 1.77. The average molecular weight is 218 g/mol. The van der Waals surface area contributed by atoms with Crippen molar-refractivity contribution >= 4 is 0 Å². The first-order valence-electron chi connectivity index (χ1n) is 5.07. The lowest BCUT2D eigenvalue weighted by Crippen LogP contribution is -2.25. The maximum absolute atomic E-state index is 9.99. The Labute approximate surface area is 93.5 Å². The molecule has 2 atom stereocenters. The van der Waals surface area contributed by atoms with Crippen LogP contribution in [0.5, 0.6) is 0 Å². The van der Waals surface area contributed by atoms with Gasteiger partial charge in [-0.15, -0.1) is 0 Å². The number of rotatable bonds is 3. The number of nitrogens with zero attached hydrogens (tertiary/aromatic N) is 3. The van der Waals surface area contributed by atoms with Crippen LogP contribution in [0.1, 0.15) is 18.6 Å². The molecule has 16 heavy (non-hydrogen) atoms. The summed E-state index contributed by atoms with van der Waals surface area (Å²) in [4.78, 5) is 3.88. The van der Waals surface area contributed by atoms with Gasteiger partial charge in [0, 0.05) is 11.6 Å². The molecule has 0 saturated carbocycles. The third-order valence-electron chi connectivity index (χ3n) is 2.42. The minimum Gasteiger partial charge on any atom is -0.387 e. The van der Waals surface area contributed by atoms with Crippen molar-refractivity contribution in [1.29, 1.82) is 0 Å². The van der Waals surface area contributed by atoms with Gasteiger partial charge in [0.15, 0.2) is 0 Å². The number of nitrogens with two attached hydrogens (primary N) is 1. The summed E-state index contributed by atoms with van der Waals surface area (Å²) in [7, 11) is 0. The second-order valence-electron chi connectivity index (χ2n) is 3.70. The molecule has 3 N–H and O–H groups in total. The number of benzene rings is 1. The van der Waals surface area contributed by atoms with Crippen molar-refractivity contribution in [3.63, 3.8) is 0 Å². The van der Waals surface area contributed by atoms with E-state index in [-0.39, 0.29) is 6.04 Å². The van der Waals surface area contributed by atoms with Gasteiger partial charge in [-0.1, -0.05) is 18.2 Å². The molecule has 0 amide bonds. The molecule has 0 fully saturated rings. The zero-order chi connectivity index (χ0) is 11.5. The van der Waals surface area contributed by atoms with Gasteiger partial charge in [-0.25, -0.2) is 9.67 Å². The van der Waals surface area contributed by atoms with Crippen LogP contribution in [0, 0.1) is 0 Å². The van der Waals surface area contributed by atoms with Crippen LogP contribution in [-0.2, 0) is 0 Å². The Hall–Kier alpha value is -1.72. The summed E-state index contributed by atoms with van der Waals surface area (Å²) >= 11 is 0. The second-order valence-corrected chi connectivity index (χ2v) is 3.70. The summed E-state index contributed by atoms with van der Waals surface area (Å²) in [6, 6.07) is 7.13. The molecule has 1 heterocycles. The number of hydrogen-bond donors (Lipinski definition) is 2. The summed E-state index contributed by atoms with van der Waals surface area (Å²) in [6.07, 6.45) is 2.34. The topological polar surface area (TPSA) is 77.0 Å². The molecular weight excluding hydrogens is 204 g/mol. The van der Waals surface area contributed by atoms with Crippen LogP contribution in [0.25, 0.3) is 5.69 Å². The molecule has 84 valence electrons. The lowest BCUT2D eigenvalue weighted by Gasteiger charge is -2.18. The van der Waals surface area contributed by atoms with E-state index >= 15 is 0 Å². The van der Waals surface area contributed by atoms with Gasteiger partial charge in [-0.3, -0.25) is 0 Å². The molecule has 0 spiro atoms. The molecule has 0 aliphatic heterocycles. The average Bonchev–Trinajstić information content (AvgIpc) is 2.81. The fraction of sp³-hybridized carbons (Fsp3) is 0.273. The molecule has 1 aromatic heterocycles. The summed E-state index contributed by atoms with van der Waals surface area (Å²) in [5.41, 5.74) is 7.24. The molecule has 5 nitrogen and oxygen atoms in total. The fourth-order valence-corrected chi connectivity index (χ4v) is 1.56. The summed E-state index contributed by atoms with van der Waals surface area (Å²) in [5.74, 6) is 0. The van der Waals surface area contributed by atoms with E-state index in [1.807, 2.05) is 24.3 Å². The van der Waals surface area contributed by atoms with Crippen LogP contribution in [0.15, 0.2) is 36.9 Å². The highest BCUT2D eigenvalue weighted by molar-refractivity contribution is 5.41. The number of hydrogen-bond acceptors (Lipinski definition) is 4. The molecule has 0 radical (unpaired) electrons. The van der Waals surface area contributed by atoms with Gasteiger partial charge in [-0.05, 0) is 13.0 Å². The monoisotopic (exact) mass is 218 g/mol. The highest BCUT2D eigenvalue weighted by atomic mass is 16.3. The van der Waals surface area contributed by atoms with Crippen LogP contribution in [0.4, 0.5) is 0 Å². The highest BCUT2D eigenvalue weighted by Crippen LogP contribution is 2.22. The minimum atomic E-state index is -0.708. The number of aliphatic hydroxyl groups excluding tert-OH is 1. The molecule has 0 aliphatic rings. The number of aliphatic hydroxyl groups is 1.